The number of hydrogen-bond acceptors (Lipinski definition) is 7. The molecule has 29 heavy (non-hydrogen) atoms. The number of anilines is 1. The number of para-hydroxylation sites is 1. The fourth-order valence-electron chi connectivity index (χ4n) is 2.94. The lowest BCUT2D eigenvalue weighted by molar-refractivity contribution is 0.0943. The molecule has 7 nitrogen and oxygen atoms in total. The Morgan fingerprint density at radius 3 is 2.76 bits per heavy atom. The van der Waals surface area contributed by atoms with Crippen LogP contribution in [0.1, 0.15) is 10.5 Å². The third kappa shape index (κ3) is 5.10. The molecule has 1 aromatic carbocycles. The molecule has 0 aliphatic carbocycles. The minimum Gasteiger partial charge on any atom is -0.492 e. The maximum Gasteiger partial charge on any atom is 0.270 e. The zero-order chi connectivity index (χ0) is 19.9. The highest BCUT2D eigenvalue weighted by atomic mass is 32.1. The predicted molar refractivity (Wildman–Crippen MR) is 113 cm³/mol. The number of nitrogens with one attached hydrogen (secondary N) is 1. The first-order valence-electron chi connectivity index (χ1n) is 9.50. The summed E-state index contributed by atoms with van der Waals surface area (Å²) in [5, 5.41) is 5.37. The molecule has 1 aliphatic heterocycles. The van der Waals surface area contributed by atoms with Crippen LogP contribution >= 0.6 is 11.3 Å². The first-order valence-corrected chi connectivity index (χ1v) is 10.4. The van der Waals surface area contributed by atoms with E-state index in [9.17, 15) is 4.79 Å². The van der Waals surface area contributed by atoms with E-state index in [0.717, 1.165) is 48.4 Å². The Hall–Kier alpha value is -2.97. The average Bonchev–Trinajstić information content (AvgIpc) is 3.29. The van der Waals surface area contributed by atoms with Crippen LogP contribution < -0.4 is 15.0 Å². The fraction of sp³-hybridized carbons (Fsp3) is 0.286. The van der Waals surface area contributed by atoms with E-state index in [4.69, 9.17) is 9.47 Å². The van der Waals surface area contributed by atoms with Crippen LogP contribution in [0.25, 0.3) is 10.6 Å². The van der Waals surface area contributed by atoms with Gasteiger partial charge in [0.25, 0.3) is 5.91 Å². The van der Waals surface area contributed by atoms with Crippen LogP contribution in [0.4, 0.5) is 5.82 Å². The van der Waals surface area contributed by atoms with Gasteiger partial charge in [0, 0.05) is 30.2 Å². The fourth-order valence-corrected chi connectivity index (χ4v) is 3.73. The summed E-state index contributed by atoms with van der Waals surface area (Å²) in [5.74, 6) is 1.51. The molecule has 8 heteroatoms. The lowest BCUT2D eigenvalue weighted by Gasteiger charge is -2.27. The van der Waals surface area contributed by atoms with Gasteiger partial charge in [0.15, 0.2) is 0 Å². The summed E-state index contributed by atoms with van der Waals surface area (Å²) in [6, 6.07) is 13.5. The van der Waals surface area contributed by atoms with Crippen LogP contribution in [-0.2, 0) is 4.74 Å². The normalized spacial score (nSPS) is 13.9. The summed E-state index contributed by atoms with van der Waals surface area (Å²) in [7, 11) is 0. The number of nitrogens with zero attached hydrogens (tertiary/aromatic N) is 3. The van der Waals surface area contributed by atoms with Crippen molar-refractivity contribution in [3.8, 4) is 16.3 Å². The van der Waals surface area contributed by atoms with E-state index in [1.54, 1.807) is 11.6 Å². The molecule has 1 fully saturated rings. The molecular formula is C21H22N4O3S. The summed E-state index contributed by atoms with van der Waals surface area (Å²) in [4.78, 5) is 23.5. The van der Waals surface area contributed by atoms with Gasteiger partial charge in [-0.05, 0) is 24.3 Å². The molecule has 1 amide bonds. The average molecular weight is 410 g/mol. The molecule has 0 saturated carbocycles. The van der Waals surface area contributed by atoms with Gasteiger partial charge < -0.3 is 19.7 Å². The quantitative estimate of drug-likeness (QED) is 0.604. The minimum absolute atomic E-state index is 0.206. The van der Waals surface area contributed by atoms with E-state index in [1.807, 2.05) is 42.5 Å². The SMILES string of the molecule is O=C(NCCOc1ccccc1)c1csc(-c2ccc(N3CCOCC3)nc2)n1. The minimum atomic E-state index is -0.206. The number of benzene rings is 1. The van der Waals surface area contributed by atoms with Crippen molar-refractivity contribution >= 4 is 23.1 Å². The van der Waals surface area contributed by atoms with Crippen molar-refractivity contribution in [2.45, 2.75) is 0 Å². The van der Waals surface area contributed by atoms with Gasteiger partial charge in [-0.1, -0.05) is 18.2 Å². The maximum atomic E-state index is 12.3. The van der Waals surface area contributed by atoms with Gasteiger partial charge in [0.1, 0.15) is 28.9 Å². The van der Waals surface area contributed by atoms with E-state index in [1.165, 1.54) is 11.3 Å². The second kappa shape index (κ2) is 9.49. The monoisotopic (exact) mass is 410 g/mol. The van der Waals surface area contributed by atoms with Crippen LogP contribution in [0, 0.1) is 0 Å². The number of pyridine rings is 1. The number of hydrogen-bond donors (Lipinski definition) is 1. The Morgan fingerprint density at radius 1 is 1.17 bits per heavy atom. The van der Waals surface area contributed by atoms with Crippen molar-refractivity contribution in [3.63, 3.8) is 0 Å². The summed E-state index contributed by atoms with van der Waals surface area (Å²) in [6.07, 6.45) is 1.80. The number of thiazole rings is 1. The number of rotatable bonds is 7. The van der Waals surface area contributed by atoms with Gasteiger partial charge in [-0.25, -0.2) is 9.97 Å². The van der Waals surface area contributed by atoms with E-state index in [-0.39, 0.29) is 5.91 Å². The topological polar surface area (TPSA) is 76.6 Å². The lowest BCUT2D eigenvalue weighted by atomic mass is 10.3. The number of carbonyl (C=O) groups excluding carboxylic acids is 1. The highest BCUT2D eigenvalue weighted by Crippen LogP contribution is 2.25. The molecule has 3 heterocycles. The molecule has 0 radical (unpaired) electrons. The molecule has 0 atom stereocenters. The molecule has 1 saturated heterocycles. The Balaban J connectivity index is 1.29. The highest BCUT2D eigenvalue weighted by Gasteiger charge is 2.14. The first kappa shape index (κ1) is 19.4. The second-order valence-corrected chi connectivity index (χ2v) is 7.32. The molecule has 0 spiro atoms. The zero-order valence-corrected chi connectivity index (χ0v) is 16.7. The molecule has 1 N–H and O–H groups in total. The number of ether oxygens (including phenoxy) is 2. The number of amides is 1. The van der Waals surface area contributed by atoms with E-state index in [2.05, 4.69) is 20.2 Å². The smallest absolute Gasteiger partial charge is 0.270 e. The Bertz CT molecular complexity index is 925. The summed E-state index contributed by atoms with van der Waals surface area (Å²) < 4.78 is 10.9. The van der Waals surface area contributed by atoms with Crippen molar-refractivity contribution < 1.29 is 14.3 Å². The molecule has 3 aromatic rings. The van der Waals surface area contributed by atoms with Gasteiger partial charge in [-0.2, -0.15) is 0 Å². The molecule has 4 rings (SSSR count). The molecule has 0 bridgehead atoms. The van der Waals surface area contributed by atoms with Gasteiger partial charge in [-0.3, -0.25) is 4.79 Å². The zero-order valence-electron chi connectivity index (χ0n) is 15.9. The molecule has 2 aromatic heterocycles. The summed E-state index contributed by atoms with van der Waals surface area (Å²) >= 11 is 1.43. The molecule has 150 valence electrons. The van der Waals surface area contributed by atoms with Crippen molar-refractivity contribution in [1.82, 2.24) is 15.3 Å². The largest absolute Gasteiger partial charge is 0.492 e. The van der Waals surface area contributed by atoms with Crippen LogP contribution in [-0.4, -0.2) is 55.3 Å². The van der Waals surface area contributed by atoms with Crippen LogP contribution in [0.5, 0.6) is 5.75 Å². The maximum absolute atomic E-state index is 12.3. The van der Waals surface area contributed by atoms with E-state index < -0.39 is 0 Å². The van der Waals surface area contributed by atoms with Crippen molar-refractivity contribution in [2.75, 3.05) is 44.4 Å². The second-order valence-electron chi connectivity index (χ2n) is 6.46. The van der Waals surface area contributed by atoms with Crippen molar-refractivity contribution in [2.24, 2.45) is 0 Å². The third-order valence-corrected chi connectivity index (χ3v) is 5.36. The van der Waals surface area contributed by atoms with Gasteiger partial charge in [-0.15, -0.1) is 11.3 Å². The van der Waals surface area contributed by atoms with Gasteiger partial charge >= 0.3 is 0 Å². The molecule has 1 aliphatic rings. The van der Waals surface area contributed by atoms with Gasteiger partial charge in [0.05, 0.1) is 19.8 Å². The van der Waals surface area contributed by atoms with Crippen LogP contribution in [0.3, 0.4) is 0 Å². The van der Waals surface area contributed by atoms with Crippen LogP contribution in [0.2, 0.25) is 0 Å². The standard InChI is InChI=1S/C21H22N4O3S/c26-20(22-8-11-28-17-4-2-1-3-5-17)18-15-29-21(24-18)16-6-7-19(23-14-16)25-9-12-27-13-10-25/h1-7,14-15H,8-13H2,(H,22,26). The lowest BCUT2D eigenvalue weighted by Crippen LogP contribution is -2.36. The Morgan fingerprint density at radius 2 is 2.00 bits per heavy atom. The predicted octanol–water partition coefficient (Wildman–Crippen LogP) is 2.85. The van der Waals surface area contributed by atoms with E-state index in [0.29, 0.717) is 18.8 Å². The van der Waals surface area contributed by atoms with E-state index >= 15 is 0 Å². The van der Waals surface area contributed by atoms with Gasteiger partial charge in [0.2, 0.25) is 0 Å². The molecule has 0 unspecified atom stereocenters. The Kier molecular flexibility index (Phi) is 6.33. The van der Waals surface area contributed by atoms with Crippen molar-refractivity contribution in [3.05, 3.63) is 59.7 Å². The summed E-state index contributed by atoms with van der Waals surface area (Å²) in [6.45, 7) is 3.97. The van der Waals surface area contributed by atoms with Crippen molar-refractivity contribution in [1.29, 1.82) is 0 Å². The first-order chi connectivity index (χ1) is 14.3. The van der Waals surface area contributed by atoms with Crippen LogP contribution in [0.15, 0.2) is 54.0 Å². The number of morpholine rings is 1. The third-order valence-electron chi connectivity index (χ3n) is 4.47. The highest BCUT2D eigenvalue weighted by molar-refractivity contribution is 7.13. The molecular weight excluding hydrogens is 388 g/mol. The number of aromatic nitrogens is 2. The summed E-state index contributed by atoms with van der Waals surface area (Å²) in [5.41, 5.74) is 1.31. The number of carbonyl (C=O) groups is 1. The Labute approximate surface area is 173 Å².